The van der Waals surface area contributed by atoms with Crippen LogP contribution in [0.1, 0.15) is 6.92 Å². The SMILES string of the molecule is CC(=O)N1C[CH]C(O)C1. The van der Waals surface area contributed by atoms with Crippen molar-refractivity contribution in [1.29, 1.82) is 0 Å². The normalized spacial score (nSPS) is 26.9. The molecule has 1 heterocycles. The quantitative estimate of drug-likeness (QED) is 0.474. The van der Waals surface area contributed by atoms with Crippen LogP contribution in [-0.4, -0.2) is 35.1 Å². The van der Waals surface area contributed by atoms with E-state index in [2.05, 4.69) is 0 Å². The van der Waals surface area contributed by atoms with E-state index >= 15 is 0 Å². The van der Waals surface area contributed by atoms with E-state index in [4.69, 9.17) is 5.11 Å². The van der Waals surface area contributed by atoms with Gasteiger partial charge in [0.25, 0.3) is 0 Å². The third-order valence-electron chi connectivity index (χ3n) is 1.45. The Labute approximate surface area is 54.3 Å². The van der Waals surface area contributed by atoms with Crippen LogP contribution in [0, 0.1) is 6.42 Å². The lowest BCUT2D eigenvalue weighted by Gasteiger charge is -2.10. The van der Waals surface area contributed by atoms with Gasteiger partial charge >= 0.3 is 0 Å². The second-order valence-electron chi connectivity index (χ2n) is 2.23. The van der Waals surface area contributed by atoms with E-state index < -0.39 is 6.10 Å². The zero-order valence-electron chi connectivity index (χ0n) is 5.37. The number of aliphatic hydroxyl groups excluding tert-OH is 1. The fraction of sp³-hybridized carbons (Fsp3) is 0.667. The maximum Gasteiger partial charge on any atom is 0.219 e. The molecule has 0 aliphatic carbocycles. The highest BCUT2D eigenvalue weighted by atomic mass is 16.3. The van der Waals surface area contributed by atoms with E-state index in [1.165, 1.54) is 6.92 Å². The molecule has 51 valence electrons. The number of carbonyl (C=O) groups excluding carboxylic acids is 1. The molecule has 1 aliphatic heterocycles. The van der Waals surface area contributed by atoms with Crippen LogP contribution in [0.15, 0.2) is 0 Å². The molecule has 0 aromatic rings. The number of carbonyl (C=O) groups is 1. The van der Waals surface area contributed by atoms with Crippen molar-refractivity contribution >= 4 is 5.91 Å². The molecular formula is C6H10NO2. The van der Waals surface area contributed by atoms with Crippen LogP contribution in [0.25, 0.3) is 0 Å². The highest BCUT2D eigenvalue weighted by molar-refractivity contribution is 5.73. The van der Waals surface area contributed by atoms with Crippen molar-refractivity contribution in [3.8, 4) is 0 Å². The number of nitrogens with zero attached hydrogens (tertiary/aromatic N) is 1. The van der Waals surface area contributed by atoms with Gasteiger partial charge in [0.1, 0.15) is 0 Å². The zero-order chi connectivity index (χ0) is 6.85. The summed E-state index contributed by atoms with van der Waals surface area (Å²) in [6, 6.07) is 0. The zero-order valence-corrected chi connectivity index (χ0v) is 5.37. The topological polar surface area (TPSA) is 40.5 Å². The third kappa shape index (κ3) is 1.42. The van der Waals surface area contributed by atoms with Crippen molar-refractivity contribution in [2.75, 3.05) is 13.1 Å². The summed E-state index contributed by atoms with van der Waals surface area (Å²) in [7, 11) is 0. The predicted octanol–water partition coefficient (Wildman–Crippen LogP) is -0.586. The van der Waals surface area contributed by atoms with Gasteiger partial charge in [-0.05, 0) is 0 Å². The van der Waals surface area contributed by atoms with Crippen molar-refractivity contribution in [3.63, 3.8) is 0 Å². The van der Waals surface area contributed by atoms with Gasteiger partial charge in [-0.3, -0.25) is 4.79 Å². The Morgan fingerprint density at radius 2 is 2.56 bits per heavy atom. The fourth-order valence-corrected chi connectivity index (χ4v) is 0.881. The fourth-order valence-electron chi connectivity index (χ4n) is 0.881. The number of likely N-dealkylation sites (tertiary alicyclic amines) is 1. The van der Waals surface area contributed by atoms with Gasteiger partial charge in [0.05, 0.1) is 6.10 Å². The third-order valence-corrected chi connectivity index (χ3v) is 1.45. The Kier molecular flexibility index (Phi) is 1.71. The summed E-state index contributed by atoms with van der Waals surface area (Å²) < 4.78 is 0. The van der Waals surface area contributed by atoms with E-state index in [0.717, 1.165) is 0 Å². The molecule has 1 rings (SSSR count). The van der Waals surface area contributed by atoms with Crippen LogP contribution in [-0.2, 0) is 4.79 Å². The summed E-state index contributed by atoms with van der Waals surface area (Å²) in [5, 5.41) is 8.90. The lowest BCUT2D eigenvalue weighted by molar-refractivity contribution is -0.128. The number of rotatable bonds is 0. The average molecular weight is 128 g/mol. The number of aliphatic hydroxyl groups is 1. The van der Waals surface area contributed by atoms with Gasteiger partial charge in [-0.15, -0.1) is 0 Å². The summed E-state index contributed by atoms with van der Waals surface area (Å²) >= 11 is 0. The number of hydrogen-bond acceptors (Lipinski definition) is 2. The molecule has 1 saturated heterocycles. The van der Waals surface area contributed by atoms with Crippen LogP contribution in [0.5, 0.6) is 0 Å². The molecule has 3 heteroatoms. The number of hydrogen-bond donors (Lipinski definition) is 1. The van der Waals surface area contributed by atoms with Crippen molar-refractivity contribution in [2.24, 2.45) is 0 Å². The largest absolute Gasteiger partial charge is 0.391 e. The molecule has 0 aromatic heterocycles. The maximum atomic E-state index is 10.6. The summed E-state index contributed by atoms with van der Waals surface area (Å²) in [5.41, 5.74) is 0. The minimum Gasteiger partial charge on any atom is -0.391 e. The number of β-amino-alcohol motifs (C(OH)–C–C–N with tert-alkyl or cyclic N) is 1. The molecule has 1 atom stereocenters. The van der Waals surface area contributed by atoms with Gasteiger partial charge in [-0.2, -0.15) is 0 Å². The Balaban J connectivity index is 2.39. The average Bonchev–Trinajstić information content (AvgIpc) is 2.14. The first-order valence-corrected chi connectivity index (χ1v) is 2.97. The Bertz CT molecular complexity index is 124. The molecule has 0 saturated carbocycles. The summed E-state index contributed by atoms with van der Waals surface area (Å²) in [5.74, 6) is 0.0304. The lowest BCUT2D eigenvalue weighted by atomic mass is 10.3. The minimum absolute atomic E-state index is 0.0304. The van der Waals surface area contributed by atoms with E-state index in [0.29, 0.717) is 13.1 Å². The summed E-state index contributed by atoms with van der Waals surface area (Å²) in [4.78, 5) is 12.2. The summed E-state index contributed by atoms with van der Waals surface area (Å²) in [6.07, 6.45) is 1.32. The summed E-state index contributed by atoms with van der Waals surface area (Å²) in [6.45, 7) is 2.57. The molecule has 1 aliphatic rings. The van der Waals surface area contributed by atoms with Gasteiger partial charge in [-0.1, -0.05) is 0 Å². The smallest absolute Gasteiger partial charge is 0.219 e. The molecule has 1 unspecified atom stereocenters. The highest BCUT2D eigenvalue weighted by Crippen LogP contribution is 2.06. The van der Waals surface area contributed by atoms with Crippen LogP contribution in [0.4, 0.5) is 0 Å². The van der Waals surface area contributed by atoms with Crippen molar-refractivity contribution in [1.82, 2.24) is 4.90 Å². The first-order valence-electron chi connectivity index (χ1n) is 2.97. The molecule has 1 fully saturated rings. The van der Waals surface area contributed by atoms with E-state index in [-0.39, 0.29) is 5.91 Å². The number of amides is 1. The van der Waals surface area contributed by atoms with Crippen LogP contribution < -0.4 is 0 Å². The lowest BCUT2D eigenvalue weighted by Crippen LogP contribution is -2.26. The highest BCUT2D eigenvalue weighted by Gasteiger charge is 2.21. The van der Waals surface area contributed by atoms with Crippen LogP contribution in [0.2, 0.25) is 0 Å². The van der Waals surface area contributed by atoms with Gasteiger partial charge in [0.15, 0.2) is 0 Å². The van der Waals surface area contributed by atoms with Gasteiger partial charge < -0.3 is 10.0 Å². The predicted molar refractivity (Wildman–Crippen MR) is 32.6 cm³/mol. The standard InChI is InChI=1S/C6H10NO2/c1-5(8)7-3-2-6(9)4-7/h2,6,9H,3-4H2,1H3. The Morgan fingerprint density at radius 1 is 1.89 bits per heavy atom. The van der Waals surface area contributed by atoms with Crippen molar-refractivity contribution in [2.45, 2.75) is 13.0 Å². The van der Waals surface area contributed by atoms with Gasteiger partial charge in [0.2, 0.25) is 5.91 Å². The van der Waals surface area contributed by atoms with Crippen LogP contribution >= 0.6 is 0 Å². The molecule has 0 aromatic carbocycles. The van der Waals surface area contributed by atoms with Crippen LogP contribution in [0.3, 0.4) is 0 Å². The van der Waals surface area contributed by atoms with Gasteiger partial charge in [-0.25, -0.2) is 0 Å². The molecule has 1 amide bonds. The van der Waals surface area contributed by atoms with E-state index in [1.54, 1.807) is 11.3 Å². The molecule has 1 N–H and O–H groups in total. The van der Waals surface area contributed by atoms with Gasteiger partial charge in [0, 0.05) is 26.4 Å². The second-order valence-corrected chi connectivity index (χ2v) is 2.23. The van der Waals surface area contributed by atoms with Crippen molar-refractivity contribution in [3.05, 3.63) is 6.42 Å². The van der Waals surface area contributed by atoms with E-state index in [9.17, 15) is 4.79 Å². The van der Waals surface area contributed by atoms with E-state index in [1.807, 2.05) is 0 Å². The molecular weight excluding hydrogens is 118 g/mol. The Hall–Kier alpha value is -0.570. The molecule has 9 heavy (non-hydrogen) atoms. The second kappa shape index (κ2) is 2.35. The molecule has 3 nitrogen and oxygen atoms in total. The molecule has 0 bridgehead atoms. The first kappa shape index (κ1) is 6.55. The molecule has 0 spiro atoms. The monoisotopic (exact) mass is 128 g/mol. The molecule has 1 radical (unpaired) electrons. The Morgan fingerprint density at radius 3 is 2.78 bits per heavy atom. The van der Waals surface area contributed by atoms with Crippen molar-refractivity contribution < 1.29 is 9.90 Å². The maximum absolute atomic E-state index is 10.6. The first-order chi connectivity index (χ1) is 4.20. The minimum atomic E-state index is -0.408.